The number of thioether (sulfide) groups is 1. The summed E-state index contributed by atoms with van der Waals surface area (Å²) in [7, 11) is 0. The zero-order valence-corrected chi connectivity index (χ0v) is 6.48. The molecule has 0 N–H and O–H groups in total. The molecule has 4 heteroatoms. The molecule has 0 aliphatic rings. The van der Waals surface area contributed by atoms with Crippen LogP contribution in [0.2, 0.25) is 0 Å². The van der Waals surface area contributed by atoms with Crippen molar-refractivity contribution in [2.24, 2.45) is 0 Å². The molecule has 0 fully saturated rings. The molecule has 0 aliphatic heterocycles. The average molecular weight is 158 g/mol. The van der Waals surface area contributed by atoms with Gasteiger partial charge in [-0.3, -0.25) is 0 Å². The molecule has 0 spiro atoms. The molecule has 0 heterocycles. The maximum atomic E-state index is 10.2. The lowest BCUT2D eigenvalue weighted by atomic mass is 10.3. The minimum absolute atomic E-state index is 0.215. The quantitative estimate of drug-likeness (QED) is 0.612. The van der Waals surface area contributed by atoms with E-state index in [0.717, 1.165) is 11.8 Å². The van der Waals surface area contributed by atoms with E-state index in [9.17, 15) is 9.90 Å². The van der Waals surface area contributed by atoms with E-state index in [1.54, 1.807) is 6.92 Å². The van der Waals surface area contributed by atoms with E-state index in [1.807, 2.05) is 6.07 Å². The summed E-state index contributed by atoms with van der Waals surface area (Å²) in [5, 5.41) is 17.8. The van der Waals surface area contributed by atoms with Crippen LogP contribution in [-0.4, -0.2) is 17.0 Å². The molecule has 10 heavy (non-hydrogen) atoms. The van der Waals surface area contributed by atoms with E-state index < -0.39 is 11.2 Å². The van der Waals surface area contributed by atoms with Crippen LogP contribution in [0.5, 0.6) is 0 Å². The first-order chi connectivity index (χ1) is 4.72. The predicted octanol–water partition coefficient (Wildman–Crippen LogP) is 0.979. The SMILES string of the molecule is CCC(SCC#N)C([O])=O. The van der Waals surface area contributed by atoms with Crippen LogP contribution in [0.15, 0.2) is 0 Å². The maximum absolute atomic E-state index is 10.2. The smallest absolute Gasteiger partial charge is 0.246 e. The maximum Gasteiger partial charge on any atom is 0.368 e. The largest absolute Gasteiger partial charge is 0.368 e. The van der Waals surface area contributed by atoms with E-state index in [0.29, 0.717) is 6.42 Å². The highest BCUT2D eigenvalue weighted by Crippen LogP contribution is 2.13. The van der Waals surface area contributed by atoms with Crippen molar-refractivity contribution in [3.05, 3.63) is 0 Å². The summed E-state index contributed by atoms with van der Waals surface area (Å²) in [6, 6.07) is 1.86. The normalized spacial score (nSPS) is 12.0. The average Bonchev–Trinajstić information content (AvgIpc) is 1.89. The standard InChI is InChI=1S/C6H8NO2S/c1-2-5(6(8)9)10-4-3-7/h5H,2,4H2,1H3. The lowest BCUT2D eigenvalue weighted by molar-refractivity contribution is -0.142. The third kappa shape index (κ3) is 3.36. The van der Waals surface area contributed by atoms with Crippen LogP contribution >= 0.6 is 11.8 Å². The lowest BCUT2D eigenvalue weighted by Crippen LogP contribution is -2.13. The molecule has 0 rings (SSSR count). The van der Waals surface area contributed by atoms with Crippen molar-refractivity contribution in [1.29, 1.82) is 5.26 Å². The monoisotopic (exact) mass is 158 g/mol. The van der Waals surface area contributed by atoms with Crippen LogP contribution < -0.4 is 0 Å². The third-order valence-electron chi connectivity index (χ3n) is 0.983. The van der Waals surface area contributed by atoms with Gasteiger partial charge in [0.1, 0.15) is 5.25 Å². The highest BCUT2D eigenvalue weighted by molar-refractivity contribution is 8.00. The fraction of sp³-hybridized carbons (Fsp3) is 0.667. The van der Waals surface area contributed by atoms with E-state index >= 15 is 0 Å². The van der Waals surface area contributed by atoms with Crippen LogP contribution in [0.25, 0.3) is 0 Å². The summed E-state index contributed by atoms with van der Waals surface area (Å²) >= 11 is 1.11. The molecular formula is C6H8NO2S. The van der Waals surface area contributed by atoms with Crippen LogP contribution in [0, 0.1) is 11.3 Å². The first kappa shape index (κ1) is 9.31. The van der Waals surface area contributed by atoms with Crippen LogP contribution in [0.4, 0.5) is 0 Å². The van der Waals surface area contributed by atoms with Gasteiger partial charge in [0.15, 0.2) is 0 Å². The van der Waals surface area contributed by atoms with Gasteiger partial charge in [0.2, 0.25) is 0 Å². The summed E-state index contributed by atoms with van der Waals surface area (Å²) in [6.45, 7) is 1.75. The van der Waals surface area contributed by atoms with Gasteiger partial charge in [-0.1, -0.05) is 6.92 Å². The second-order valence-electron chi connectivity index (χ2n) is 1.69. The van der Waals surface area contributed by atoms with E-state index in [-0.39, 0.29) is 5.75 Å². The van der Waals surface area contributed by atoms with Gasteiger partial charge in [-0.2, -0.15) is 5.26 Å². The lowest BCUT2D eigenvalue weighted by Gasteiger charge is -2.02. The van der Waals surface area contributed by atoms with Gasteiger partial charge in [-0.15, -0.1) is 11.8 Å². The van der Waals surface area contributed by atoms with Gasteiger partial charge in [-0.05, 0) is 6.42 Å². The Hall–Kier alpha value is -0.690. The van der Waals surface area contributed by atoms with Crippen molar-refractivity contribution in [2.45, 2.75) is 18.6 Å². The Labute approximate surface area is 64.0 Å². The molecule has 0 aromatic rings. The zero-order chi connectivity index (χ0) is 7.98. The fourth-order valence-electron chi connectivity index (χ4n) is 0.490. The molecule has 0 amide bonds. The van der Waals surface area contributed by atoms with Crippen molar-refractivity contribution in [2.75, 3.05) is 5.75 Å². The highest BCUT2D eigenvalue weighted by Gasteiger charge is 2.16. The zero-order valence-electron chi connectivity index (χ0n) is 5.66. The molecule has 1 atom stereocenters. The van der Waals surface area contributed by atoms with Gasteiger partial charge in [0.25, 0.3) is 0 Å². The number of nitriles is 1. The molecular weight excluding hydrogens is 150 g/mol. The Morgan fingerprint density at radius 3 is 2.70 bits per heavy atom. The molecule has 3 nitrogen and oxygen atoms in total. The summed E-state index contributed by atoms with van der Waals surface area (Å²) < 4.78 is 0. The number of rotatable bonds is 4. The number of hydrogen-bond acceptors (Lipinski definition) is 3. The van der Waals surface area contributed by atoms with Crippen LogP contribution in [-0.2, 0) is 9.90 Å². The third-order valence-corrected chi connectivity index (χ3v) is 2.21. The fourth-order valence-corrected chi connectivity index (χ4v) is 1.14. The number of nitrogens with zero attached hydrogens (tertiary/aromatic N) is 1. The minimum Gasteiger partial charge on any atom is -0.246 e. The first-order valence-corrected chi connectivity index (χ1v) is 3.96. The van der Waals surface area contributed by atoms with Crippen molar-refractivity contribution in [3.8, 4) is 6.07 Å². The number of carbonyl (C=O) groups excluding carboxylic acids is 1. The summed E-state index contributed by atoms with van der Waals surface area (Å²) in [5.74, 6) is -0.866. The molecule has 1 unspecified atom stereocenters. The molecule has 0 aliphatic carbocycles. The van der Waals surface area contributed by atoms with E-state index in [4.69, 9.17) is 5.26 Å². The van der Waals surface area contributed by atoms with Crippen LogP contribution in [0.1, 0.15) is 13.3 Å². The summed E-state index contributed by atoms with van der Waals surface area (Å²) in [4.78, 5) is 10.2. The molecule has 0 aromatic heterocycles. The van der Waals surface area contributed by atoms with Gasteiger partial charge >= 0.3 is 5.97 Å². The second kappa shape index (κ2) is 5.12. The molecule has 0 bridgehead atoms. The summed E-state index contributed by atoms with van der Waals surface area (Å²) in [5.41, 5.74) is 0. The first-order valence-electron chi connectivity index (χ1n) is 2.91. The highest BCUT2D eigenvalue weighted by atomic mass is 32.2. The molecule has 0 saturated carbocycles. The minimum atomic E-state index is -1.08. The molecule has 0 aromatic carbocycles. The Kier molecular flexibility index (Phi) is 4.77. The predicted molar refractivity (Wildman–Crippen MR) is 37.8 cm³/mol. The second-order valence-corrected chi connectivity index (χ2v) is 2.88. The van der Waals surface area contributed by atoms with Crippen molar-refractivity contribution in [1.82, 2.24) is 0 Å². The van der Waals surface area contributed by atoms with Crippen molar-refractivity contribution in [3.63, 3.8) is 0 Å². The number of carbonyl (C=O) groups is 1. The van der Waals surface area contributed by atoms with Crippen LogP contribution in [0.3, 0.4) is 0 Å². The Bertz CT molecular complexity index is 152. The van der Waals surface area contributed by atoms with Gasteiger partial charge in [0, 0.05) is 0 Å². The molecule has 0 saturated heterocycles. The van der Waals surface area contributed by atoms with E-state index in [2.05, 4.69) is 0 Å². The topological polar surface area (TPSA) is 60.8 Å². The van der Waals surface area contributed by atoms with Gasteiger partial charge in [0.05, 0.1) is 11.8 Å². The Balaban J connectivity index is 3.63. The van der Waals surface area contributed by atoms with Crippen molar-refractivity contribution >= 4 is 17.7 Å². The van der Waals surface area contributed by atoms with E-state index in [1.165, 1.54) is 0 Å². The van der Waals surface area contributed by atoms with Gasteiger partial charge < -0.3 is 0 Å². The molecule has 1 radical (unpaired) electrons. The van der Waals surface area contributed by atoms with Gasteiger partial charge in [-0.25, -0.2) is 9.90 Å². The molecule has 55 valence electrons. The summed E-state index contributed by atoms with van der Waals surface area (Å²) in [6.07, 6.45) is 0.509. The van der Waals surface area contributed by atoms with Crippen molar-refractivity contribution < 1.29 is 9.90 Å². The Morgan fingerprint density at radius 1 is 1.80 bits per heavy atom. The number of hydrogen-bond donors (Lipinski definition) is 0. The Morgan fingerprint density at radius 2 is 2.40 bits per heavy atom.